The van der Waals surface area contributed by atoms with Crippen LogP contribution < -0.4 is 10.1 Å². The molecule has 4 nitrogen and oxygen atoms in total. The molecule has 0 amide bonds. The van der Waals surface area contributed by atoms with Crippen LogP contribution in [0.3, 0.4) is 0 Å². The second-order valence-electron chi connectivity index (χ2n) is 4.27. The van der Waals surface area contributed by atoms with Crippen molar-refractivity contribution in [2.24, 2.45) is 0 Å². The summed E-state index contributed by atoms with van der Waals surface area (Å²) in [7, 11) is 0. The van der Waals surface area contributed by atoms with Crippen LogP contribution in [0.5, 0.6) is 5.75 Å². The van der Waals surface area contributed by atoms with Crippen molar-refractivity contribution in [1.82, 2.24) is 5.32 Å². The highest BCUT2D eigenvalue weighted by atomic mass is 16.5. The third-order valence-corrected chi connectivity index (χ3v) is 2.53. The van der Waals surface area contributed by atoms with Crippen LogP contribution in [0.25, 0.3) is 0 Å². The first-order chi connectivity index (χ1) is 8.68. The highest BCUT2D eigenvalue weighted by molar-refractivity contribution is 5.66. The van der Waals surface area contributed by atoms with Crippen LogP contribution in [0, 0.1) is 6.92 Å². The molecule has 0 saturated heterocycles. The Hall–Kier alpha value is -1.55. The fourth-order valence-electron chi connectivity index (χ4n) is 1.60. The van der Waals surface area contributed by atoms with E-state index in [1.165, 1.54) is 5.56 Å². The number of rotatable bonds is 9. The predicted octanol–water partition coefficient (Wildman–Crippen LogP) is 2.22. The summed E-state index contributed by atoms with van der Waals surface area (Å²) in [6.07, 6.45) is 1.86. The number of carboxylic acids is 1. The Bertz CT molecular complexity index is 366. The number of unbranched alkanes of at least 4 members (excludes halogenated alkanes) is 1. The molecule has 0 radical (unpaired) electrons. The number of nitrogens with one attached hydrogen (secondary N) is 1. The van der Waals surface area contributed by atoms with Gasteiger partial charge in [0.1, 0.15) is 12.4 Å². The van der Waals surface area contributed by atoms with Gasteiger partial charge in [0.15, 0.2) is 0 Å². The highest BCUT2D eigenvalue weighted by Gasteiger charge is 1.96. The molecule has 100 valence electrons. The number of ether oxygens (including phenoxy) is 1. The lowest BCUT2D eigenvalue weighted by Crippen LogP contribution is -2.22. The quantitative estimate of drug-likeness (QED) is 0.661. The van der Waals surface area contributed by atoms with Crippen molar-refractivity contribution in [2.75, 3.05) is 19.7 Å². The zero-order valence-electron chi connectivity index (χ0n) is 10.8. The second kappa shape index (κ2) is 8.53. The molecular weight excluding hydrogens is 230 g/mol. The van der Waals surface area contributed by atoms with E-state index in [2.05, 4.69) is 5.32 Å². The predicted molar refractivity (Wildman–Crippen MR) is 71.0 cm³/mol. The third-order valence-electron chi connectivity index (χ3n) is 2.53. The van der Waals surface area contributed by atoms with Gasteiger partial charge in [-0.1, -0.05) is 12.1 Å². The van der Waals surface area contributed by atoms with Gasteiger partial charge in [-0.25, -0.2) is 0 Å². The average molecular weight is 251 g/mol. The summed E-state index contributed by atoms with van der Waals surface area (Å²) in [5.74, 6) is 0.167. The van der Waals surface area contributed by atoms with E-state index in [0.717, 1.165) is 31.7 Å². The molecule has 4 heteroatoms. The lowest BCUT2D eigenvalue weighted by atomic mass is 10.2. The van der Waals surface area contributed by atoms with E-state index < -0.39 is 5.97 Å². The maximum atomic E-state index is 10.3. The Labute approximate surface area is 108 Å². The van der Waals surface area contributed by atoms with E-state index in [1.54, 1.807) is 0 Å². The maximum absolute atomic E-state index is 10.3. The van der Waals surface area contributed by atoms with Crippen LogP contribution in [-0.4, -0.2) is 30.8 Å². The van der Waals surface area contributed by atoms with Crippen LogP contribution in [0.4, 0.5) is 0 Å². The zero-order valence-corrected chi connectivity index (χ0v) is 10.8. The van der Waals surface area contributed by atoms with E-state index in [-0.39, 0.29) is 6.42 Å². The molecule has 0 aliphatic rings. The van der Waals surface area contributed by atoms with Gasteiger partial charge in [0, 0.05) is 13.0 Å². The van der Waals surface area contributed by atoms with Crippen LogP contribution in [0.1, 0.15) is 24.8 Å². The molecule has 1 rings (SSSR count). The summed E-state index contributed by atoms with van der Waals surface area (Å²) in [5.41, 5.74) is 1.19. The molecule has 0 spiro atoms. The maximum Gasteiger partial charge on any atom is 0.303 e. The standard InChI is InChI=1S/C14H21NO3/c1-12-5-4-6-13(11-12)18-10-9-15-8-3-2-7-14(16)17/h4-6,11,15H,2-3,7-10H2,1H3,(H,16,17). The number of carboxylic acid groups (broad SMARTS) is 1. The summed E-state index contributed by atoms with van der Waals surface area (Å²) in [4.78, 5) is 10.3. The van der Waals surface area contributed by atoms with Crippen LogP contribution >= 0.6 is 0 Å². The number of hydrogen-bond donors (Lipinski definition) is 2. The molecule has 1 aromatic carbocycles. The molecule has 0 fully saturated rings. The fourth-order valence-corrected chi connectivity index (χ4v) is 1.60. The van der Waals surface area contributed by atoms with Crippen LogP contribution in [-0.2, 0) is 4.79 Å². The number of carbonyl (C=O) groups is 1. The Morgan fingerprint density at radius 3 is 2.89 bits per heavy atom. The number of aliphatic carboxylic acids is 1. The van der Waals surface area contributed by atoms with E-state index in [9.17, 15) is 4.79 Å². The van der Waals surface area contributed by atoms with Crippen molar-refractivity contribution in [3.8, 4) is 5.75 Å². The van der Waals surface area contributed by atoms with Crippen molar-refractivity contribution < 1.29 is 14.6 Å². The molecule has 0 unspecified atom stereocenters. The average Bonchev–Trinajstić information content (AvgIpc) is 2.32. The lowest BCUT2D eigenvalue weighted by Gasteiger charge is -2.07. The van der Waals surface area contributed by atoms with Crippen LogP contribution in [0.15, 0.2) is 24.3 Å². The Morgan fingerprint density at radius 1 is 1.33 bits per heavy atom. The molecule has 1 aromatic rings. The smallest absolute Gasteiger partial charge is 0.303 e. The number of benzene rings is 1. The molecular formula is C14H21NO3. The minimum absolute atomic E-state index is 0.251. The van der Waals surface area contributed by atoms with Crippen molar-refractivity contribution in [2.45, 2.75) is 26.2 Å². The number of aryl methyl sites for hydroxylation is 1. The van der Waals surface area contributed by atoms with Crippen molar-refractivity contribution in [3.63, 3.8) is 0 Å². The summed E-state index contributed by atoms with van der Waals surface area (Å²) < 4.78 is 5.57. The van der Waals surface area contributed by atoms with E-state index >= 15 is 0 Å². The summed E-state index contributed by atoms with van der Waals surface area (Å²) >= 11 is 0. The van der Waals surface area contributed by atoms with E-state index in [0.29, 0.717) is 6.61 Å². The summed E-state index contributed by atoms with van der Waals surface area (Å²) in [5, 5.41) is 11.7. The fraction of sp³-hybridized carbons (Fsp3) is 0.500. The van der Waals surface area contributed by atoms with Crippen molar-refractivity contribution in [3.05, 3.63) is 29.8 Å². The molecule has 0 aliphatic heterocycles. The van der Waals surface area contributed by atoms with E-state index in [1.807, 2.05) is 31.2 Å². The molecule has 2 N–H and O–H groups in total. The van der Waals surface area contributed by atoms with Gasteiger partial charge in [-0.3, -0.25) is 4.79 Å². The molecule has 0 aliphatic carbocycles. The molecule has 0 saturated carbocycles. The zero-order chi connectivity index (χ0) is 13.2. The van der Waals surface area contributed by atoms with Gasteiger partial charge < -0.3 is 15.2 Å². The van der Waals surface area contributed by atoms with Gasteiger partial charge in [0.05, 0.1) is 0 Å². The van der Waals surface area contributed by atoms with Gasteiger partial charge in [-0.15, -0.1) is 0 Å². The Morgan fingerprint density at radius 2 is 2.17 bits per heavy atom. The molecule has 0 heterocycles. The van der Waals surface area contributed by atoms with E-state index in [4.69, 9.17) is 9.84 Å². The first kappa shape index (κ1) is 14.5. The Balaban J connectivity index is 1.97. The van der Waals surface area contributed by atoms with Gasteiger partial charge >= 0.3 is 5.97 Å². The highest BCUT2D eigenvalue weighted by Crippen LogP contribution is 2.11. The first-order valence-corrected chi connectivity index (χ1v) is 6.30. The topological polar surface area (TPSA) is 58.6 Å². The molecule has 18 heavy (non-hydrogen) atoms. The minimum Gasteiger partial charge on any atom is -0.492 e. The van der Waals surface area contributed by atoms with Crippen molar-refractivity contribution >= 4 is 5.97 Å². The van der Waals surface area contributed by atoms with Crippen LogP contribution in [0.2, 0.25) is 0 Å². The first-order valence-electron chi connectivity index (χ1n) is 6.30. The van der Waals surface area contributed by atoms with Gasteiger partial charge in [-0.2, -0.15) is 0 Å². The lowest BCUT2D eigenvalue weighted by molar-refractivity contribution is -0.137. The summed E-state index contributed by atoms with van der Waals surface area (Å²) in [6.45, 7) is 4.28. The molecule has 0 aromatic heterocycles. The molecule has 0 atom stereocenters. The SMILES string of the molecule is Cc1cccc(OCCNCCCCC(=O)O)c1. The minimum atomic E-state index is -0.724. The van der Waals surface area contributed by atoms with Crippen molar-refractivity contribution in [1.29, 1.82) is 0 Å². The van der Waals surface area contributed by atoms with Gasteiger partial charge in [0.2, 0.25) is 0 Å². The largest absolute Gasteiger partial charge is 0.492 e. The normalized spacial score (nSPS) is 10.3. The van der Waals surface area contributed by atoms with Gasteiger partial charge in [0.25, 0.3) is 0 Å². The third kappa shape index (κ3) is 6.91. The molecule has 0 bridgehead atoms. The summed E-state index contributed by atoms with van der Waals surface area (Å²) in [6, 6.07) is 7.96. The Kier molecular flexibility index (Phi) is 6.87. The monoisotopic (exact) mass is 251 g/mol. The van der Waals surface area contributed by atoms with Gasteiger partial charge in [-0.05, 0) is 44.0 Å². The second-order valence-corrected chi connectivity index (χ2v) is 4.27. The number of hydrogen-bond acceptors (Lipinski definition) is 3.